The Morgan fingerprint density at radius 1 is 0.800 bits per heavy atom. The normalized spacial score (nSPS) is 11.9. The molecule has 3 aromatic carbocycles. The van der Waals surface area contributed by atoms with Crippen LogP contribution in [0.5, 0.6) is 0 Å². The van der Waals surface area contributed by atoms with E-state index in [-0.39, 0.29) is 10.6 Å². The number of hydrogen-bond donors (Lipinski definition) is 1. The van der Waals surface area contributed by atoms with E-state index in [2.05, 4.69) is 5.32 Å². The van der Waals surface area contributed by atoms with Crippen LogP contribution in [0.25, 0.3) is 18.2 Å². The Hall–Kier alpha value is -3.31. The van der Waals surface area contributed by atoms with Gasteiger partial charge in [0.25, 0.3) is 0 Å². The maximum Gasteiger partial charge on any atom is 0.417 e. The van der Waals surface area contributed by atoms with E-state index in [1.165, 1.54) is 18.2 Å². The second kappa shape index (κ2) is 9.46. The number of rotatable bonds is 5. The van der Waals surface area contributed by atoms with Crippen molar-refractivity contribution >= 4 is 41.4 Å². The molecule has 1 N–H and O–H groups in total. The number of halogens is 4. The van der Waals surface area contributed by atoms with Gasteiger partial charge in [0, 0.05) is 11.8 Å². The van der Waals surface area contributed by atoms with Gasteiger partial charge in [-0.3, -0.25) is 4.79 Å². The summed E-state index contributed by atoms with van der Waals surface area (Å²) >= 11 is 5.59. The van der Waals surface area contributed by atoms with Gasteiger partial charge in [-0.25, -0.2) is 0 Å². The molecular weight excluding hydrogens is 411 g/mol. The summed E-state index contributed by atoms with van der Waals surface area (Å²) in [7, 11) is 0. The molecule has 0 aliphatic rings. The van der Waals surface area contributed by atoms with E-state index in [1.807, 2.05) is 54.6 Å². The number of benzene rings is 3. The second-order valence-electron chi connectivity index (χ2n) is 6.43. The zero-order valence-electron chi connectivity index (χ0n) is 15.7. The van der Waals surface area contributed by atoms with Crippen molar-refractivity contribution in [3.05, 3.63) is 106 Å². The van der Waals surface area contributed by atoms with Crippen LogP contribution in [0.4, 0.5) is 18.9 Å². The smallest absolute Gasteiger partial charge is 0.323 e. The van der Waals surface area contributed by atoms with Crippen LogP contribution in [-0.4, -0.2) is 5.91 Å². The molecule has 0 aliphatic heterocycles. The van der Waals surface area contributed by atoms with Gasteiger partial charge >= 0.3 is 6.18 Å². The quantitative estimate of drug-likeness (QED) is 0.339. The van der Waals surface area contributed by atoms with Crippen molar-refractivity contribution in [2.24, 2.45) is 0 Å². The minimum Gasteiger partial charge on any atom is -0.323 e. The lowest BCUT2D eigenvalue weighted by Gasteiger charge is -2.09. The van der Waals surface area contributed by atoms with Crippen LogP contribution in [-0.2, 0) is 11.0 Å². The third-order valence-corrected chi connectivity index (χ3v) is 4.50. The first-order chi connectivity index (χ1) is 14.3. The van der Waals surface area contributed by atoms with Crippen LogP contribution in [0.15, 0.2) is 78.9 Å². The summed E-state index contributed by atoms with van der Waals surface area (Å²) in [4.78, 5) is 12.1. The largest absolute Gasteiger partial charge is 0.417 e. The summed E-state index contributed by atoms with van der Waals surface area (Å²) in [5.74, 6) is -0.453. The van der Waals surface area contributed by atoms with E-state index in [9.17, 15) is 18.0 Å². The van der Waals surface area contributed by atoms with Gasteiger partial charge in [-0.15, -0.1) is 0 Å². The number of amides is 1. The molecule has 0 atom stereocenters. The maximum absolute atomic E-state index is 12.9. The fourth-order valence-electron chi connectivity index (χ4n) is 2.65. The van der Waals surface area contributed by atoms with Gasteiger partial charge in [-0.05, 0) is 47.0 Å². The number of hydrogen-bond acceptors (Lipinski definition) is 1. The fourth-order valence-corrected chi connectivity index (χ4v) is 2.88. The molecule has 0 aromatic heterocycles. The summed E-state index contributed by atoms with van der Waals surface area (Å²) in [5.41, 5.74) is 1.91. The highest BCUT2D eigenvalue weighted by molar-refractivity contribution is 6.31. The standard InChI is InChI=1S/C24H17ClF3NO/c25-22-14-10-19(16-21(22)24(26,27)28)11-15-23(30)29-20-12-8-18(9-13-20)7-6-17-4-2-1-3-5-17/h1-16H,(H,29,30)/b7-6+,15-11+. The van der Waals surface area contributed by atoms with Crippen molar-refractivity contribution in [2.45, 2.75) is 6.18 Å². The Morgan fingerprint density at radius 3 is 2.03 bits per heavy atom. The molecule has 0 saturated heterocycles. The van der Waals surface area contributed by atoms with E-state index >= 15 is 0 Å². The van der Waals surface area contributed by atoms with Crippen molar-refractivity contribution in [2.75, 3.05) is 5.32 Å². The Kier molecular flexibility index (Phi) is 6.75. The van der Waals surface area contributed by atoms with Crippen LogP contribution in [0.2, 0.25) is 5.02 Å². The highest BCUT2D eigenvalue weighted by atomic mass is 35.5. The number of nitrogens with one attached hydrogen (secondary N) is 1. The van der Waals surface area contributed by atoms with Crippen LogP contribution in [0.3, 0.4) is 0 Å². The van der Waals surface area contributed by atoms with Crippen molar-refractivity contribution in [1.82, 2.24) is 0 Å². The summed E-state index contributed by atoms with van der Waals surface area (Å²) < 4.78 is 38.7. The Morgan fingerprint density at radius 2 is 1.40 bits per heavy atom. The predicted molar refractivity (Wildman–Crippen MR) is 116 cm³/mol. The molecular formula is C24H17ClF3NO. The lowest BCUT2D eigenvalue weighted by molar-refractivity contribution is -0.137. The lowest BCUT2D eigenvalue weighted by Crippen LogP contribution is -2.08. The zero-order valence-corrected chi connectivity index (χ0v) is 16.4. The van der Waals surface area contributed by atoms with Crippen molar-refractivity contribution < 1.29 is 18.0 Å². The van der Waals surface area contributed by atoms with Gasteiger partial charge in [-0.2, -0.15) is 13.2 Å². The first-order valence-corrected chi connectivity index (χ1v) is 9.38. The molecule has 0 saturated carbocycles. The number of carbonyl (C=O) groups is 1. The van der Waals surface area contributed by atoms with Gasteiger partial charge in [0.15, 0.2) is 0 Å². The van der Waals surface area contributed by atoms with Crippen LogP contribution in [0, 0.1) is 0 Å². The molecule has 30 heavy (non-hydrogen) atoms. The van der Waals surface area contributed by atoms with E-state index in [0.29, 0.717) is 5.69 Å². The molecule has 2 nitrogen and oxygen atoms in total. The van der Waals surface area contributed by atoms with Gasteiger partial charge in [0.2, 0.25) is 5.91 Å². The third kappa shape index (κ3) is 6.09. The van der Waals surface area contributed by atoms with Gasteiger partial charge < -0.3 is 5.32 Å². The van der Waals surface area contributed by atoms with Crippen molar-refractivity contribution in [3.63, 3.8) is 0 Å². The predicted octanol–water partition coefficient (Wildman–Crippen LogP) is 7.18. The molecule has 0 fully saturated rings. The average molecular weight is 428 g/mol. The molecule has 0 aliphatic carbocycles. The Balaban J connectivity index is 1.62. The monoisotopic (exact) mass is 427 g/mol. The van der Waals surface area contributed by atoms with E-state index in [4.69, 9.17) is 11.6 Å². The Labute approximate surface area is 177 Å². The summed E-state index contributed by atoms with van der Waals surface area (Å²) in [5, 5.41) is 2.29. The van der Waals surface area contributed by atoms with Gasteiger partial charge in [0.1, 0.15) is 0 Å². The highest BCUT2D eigenvalue weighted by Gasteiger charge is 2.33. The number of anilines is 1. The molecule has 0 unspecified atom stereocenters. The topological polar surface area (TPSA) is 29.1 Å². The van der Waals surface area contributed by atoms with Crippen LogP contribution in [0.1, 0.15) is 22.3 Å². The van der Waals surface area contributed by atoms with E-state index in [0.717, 1.165) is 23.3 Å². The zero-order chi connectivity index (χ0) is 21.6. The molecule has 6 heteroatoms. The number of alkyl halides is 3. The first-order valence-electron chi connectivity index (χ1n) is 9.00. The molecule has 0 spiro atoms. The molecule has 1 amide bonds. The van der Waals surface area contributed by atoms with E-state index in [1.54, 1.807) is 12.1 Å². The summed E-state index contributed by atoms with van der Waals surface area (Å²) in [6.45, 7) is 0. The first kappa shape index (κ1) is 21.4. The SMILES string of the molecule is O=C(/C=C/c1ccc(Cl)c(C(F)(F)F)c1)Nc1ccc(/C=C/c2ccccc2)cc1. The molecule has 0 radical (unpaired) electrons. The Bertz CT molecular complexity index is 1070. The molecule has 152 valence electrons. The second-order valence-corrected chi connectivity index (χ2v) is 6.83. The molecule has 3 aromatic rings. The van der Waals surface area contributed by atoms with Crippen LogP contribution >= 0.6 is 11.6 Å². The fraction of sp³-hybridized carbons (Fsp3) is 0.0417. The third-order valence-electron chi connectivity index (χ3n) is 4.17. The van der Waals surface area contributed by atoms with Crippen molar-refractivity contribution in [1.29, 1.82) is 0 Å². The minimum atomic E-state index is -4.56. The van der Waals surface area contributed by atoms with Crippen LogP contribution < -0.4 is 5.32 Å². The van der Waals surface area contributed by atoms with E-state index < -0.39 is 17.6 Å². The summed E-state index contributed by atoms with van der Waals surface area (Å²) in [6, 6.07) is 20.5. The van der Waals surface area contributed by atoms with Crippen molar-refractivity contribution in [3.8, 4) is 0 Å². The maximum atomic E-state index is 12.9. The number of carbonyl (C=O) groups excluding carboxylic acids is 1. The molecule has 0 heterocycles. The average Bonchev–Trinajstić information content (AvgIpc) is 2.72. The molecule has 0 bridgehead atoms. The van der Waals surface area contributed by atoms with Gasteiger partial charge in [0.05, 0.1) is 10.6 Å². The molecule has 3 rings (SSSR count). The minimum absolute atomic E-state index is 0.225. The highest BCUT2D eigenvalue weighted by Crippen LogP contribution is 2.35. The lowest BCUT2D eigenvalue weighted by atomic mass is 10.1. The van der Waals surface area contributed by atoms with Gasteiger partial charge in [-0.1, -0.05) is 72.3 Å². The summed E-state index contributed by atoms with van der Waals surface area (Å²) in [6.07, 6.45) is 1.86.